The second kappa shape index (κ2) is 13.3. The fraction of sp³-hybridized carbons (Fsp3) is 0.586. The highest BCUT2D eigenvalue weighted by Gasteiger charge is 2.30. The van der Waals surface area contributed by atoms with E-state index in [0.29, 0.717) is 11.8 Å². The highest BCUT2D eigenvalue weighted by Crippen LogP contribution is 2.36. The molecule has 2 aliphatic carbocycles. The third-order valence-corrected chi connectivity index (χ3v) is 7.29. The maximum absolute atomic E-state index is 12.7. The predicted molar refractivity (Wildman–Crippen MR) is 130 cm³/mol. The fourth-order valence-electron chi connectivity index (χ4n) is 5.31. The van der Waals surface area contributed by atoms with Gasteiger partial charge in [-0.2, -0.15) is 5.26 Å². The lowest BCUT2D eigenvalue weighted by atomic mass is 9.79. The van der Waals surface area contributed by atoms with Crippen molar-refractivity contribution in [3.63, 3.8) is 0 Å². The Morgan fingerprint density at radius 1 is 1.03 bits per heavy atom. The molecule has 2 aliphatic rings. The molecule has 0 amide bonds. The van der Waals surface area contributed by atoms with Gasteiger partial charge >= 0.3 is 5.97 Å². The molecule has 1 aromatic carbocycles. The molecule has 0 spiro atoms. The molecule has 2 fully saturated rings. The Bertz CT molecular complexity index is 785. The quantitative estimate of drug-likeness (QED) is 0.231. The SMILES string of the molecule is CCCc1ccc([C@H]2CC[C@H](OC(=O)[C@H]3CC[C@H](CCC=CC=CC#N)CC3)CC2)cc1. The van der Waals surface area contributed by atoms with E-state index in [1.54, 1.807) is 6.08 Å². The molecular formula is C29H39NO2. The third-order valence-electron chi connectivity index (χ3n) is 7.29. The van der Waals surface area contributed by atoms with Crippen LogP contribution < -0.4 is 0 Å². The van der Waals surface area contributed by atoms with Crippen molar-refractivity contribution < 1.29 is 9.53 Å². The zero-order valence-electron chi connectivity index (χ0n) is 19.7. The number of carbonyl (C=O) groups is 1. The summed E-state index contributed by atoms with van der Waals surface area (Å²) >= 11 is 0. The summed E-state index contributed by atoms with van der Waals surface area (Å²) in [6, 6.07) is 11.2. The number of hydrogen-bond donors (Lipinski definition) is 0. The van der Waals surface area contributed by atoms with Gasteiger partial charge in [0.15, 0.2) is 0 Å². The average Bonchev–Trinajstić information content (AvgIpc) is 2.83. The van der Waals surface area contributed by atoms with Crippen LogP contribution in [0, 0.1) is 23.2 Å². The molecule has 0 bridgehead atoms. The smallest absolute Gasteiger partial charge is 0.309 e. The van der Waals surface area contributed by atoms with E-state index in [9.17, 15) is 4.79 Å². The van der Waals surface area contributed by atoms with Crippen LogP contribution in [0.2, 0.25) is 0 Å². The van der Waals surface area contributed by atoms with Crippen LogP contribution in [0.25, 0.3) is 0 Å². The number of carbonyl (C=O) groups excluding carboxylic acids is 1. The lowest BCUT2D eigenvalue weighted by Crippen LogP contribution is -2.29. The van der Waals surface area contributed by atoms with Crippen LogP contribution in [-0.2, 0) is 16.0 Å². The molecule has 0 unspecified atom stereocenters. The van der Waals surface area contributed by atoms with Gasteiger partial charge in [0.05, 0.1) is 12.0 Å². The number of hydrogen-bond acceptors (Lipinski definition) is 3. The summed E-state index contributed by atoms with van der Waals surface area (Å²) < 4.78 is 5.95. The van der Waals surface area contributed by atoms with E-state index in [2.05, 4.69) is 37.3 Å². The standard InChI is InChI=1S/C29H39NO2/c1-2-8-23-10-14-25(15-11-23)26-18-20-28(21-19-26)32-29(31)27-16-12-24(13-17-27)9-6-4-3-5-7-22-30/h3-5,7,10-11,14-15,24,26-28H,2,6,8-9,12-13,16-21H2,1H3/t24-,26-,27-,28-. The average molecular weight is 434 g/mol. The fourth-order valence-corrected chi connectivity index (χ4v) is 5.31. The number of rotatable bonds is 9. The number of allylic oxidation sites excluding steroid dienone is 4. The van der Waals surface area contributed by atoms with Crippen molar-refractivity contribution >= 4 is 5.97 Å². The molecule has 3 rings (SSSR count). The van der Waals surface area contributed by atoms with Gasteiger partial charge < -0.3 is 4.74 Å². The minimum absolute atomic E-state index is 0.0531. The van der Waals surface area contributed by atoms with Gasteiger partial charge in [0, 0.05) is 6.08 Å². The van der Waals surface area contributed by atoms with Gasteiger partial charge in [-0.15, -0.1) is 0 Å². The van der Waals surface area contributed by atoms with E-state index < -0.39 is 0 Å². The first kappa shape index (κ1) is 24.3. The second-order valence-electron chi connectivity index (χ2n) is 9.61. The molecule has 0 atom stereocenters. The maximum atomic E-state index is 12.7. The summed E-state index contributed by atoms with van der Waals surface area (Å²) in [7, 11) is 0. The molecule has 0 aliphatic heterocycles. The summed E-state index contributed by atoms with van der Waals surface area (Å²) in [4.78, 5) is 12.7. The van der Waals surface area contributed by atoms with E-state index >= 15 is 0 Å². The molecule has 0 heterocycles. The normalized spacial score (nSPS) is 26.2. The molecule has 3 heteroatoms. The summed E-state index contributed by atoms with van der Waals surface area (Å²) in [5.41, 5.74) is 2.88. The molecule has 0 radical (unpaired) electrons. The molecule has 0 N–H and O–H groups in total. The summed E-state index contributed by atoms with van der Waals surface area (Å²) in [5, 5.41) is 8.47. The number of ether oxygens (including phenoxy) is 1. The maximum Gasteiger partial charge on any atom is 0.309 e. The minimum Gasteiger partial charge on any atom is -0.462 e. The van der Waals surface area contributed by atoms with Crippen LogP contribution in [-0.4, -0.2) is 12.1 Å². The van der Waals surface area contributed by atoms with E-state index in [0.717, 1.165) is 64.2 Å². The monoisotopic (exact) mass is 433 g/mol. The Kier molecular flexibility index (Phi) is 10.1. The van der Waals surface area contributed by atoms with E-state index in [4.69, 9.17) is 10.00 Å². The molecule has 32 heavy (non-hydrogen) atoms. The van der Waals surface area contributed by atoms with Gasteiger partial charge in [0.1, 0.15) is 6.10 Å². The van der Waals surface area contributed by atoms with Gasteiger partial charge in [0.2, 0.25) is 0 Å². The third kappa shape index (κ3) is 7.66. The summed E-state index contributed by atoms with van der Waals surface area (Å²) in [6.45, 7) is 2.22. The zero-order chi connectivity index (χ0) is 22.6. The Labute approximate surface area is 194 Å². The first-order valence-corrected chi connectivity index (χ1v) is 12.7. The van der Waals surface area contributed by atoms with Crippen LogP contribution in [0.3, 0.4) is 0 Å². The van der Waals surface area contributed by atoms with Gasteiger partial charge in [0.25, 0.3) is 0 Å². The first-order chi connectivity index (χ1) is 15.7. The molecule has 0 aromatic heterocycles. The Morgan fingerprint density at radius 3 is 2.41 bits per heavy atom. The minimum atomic E-state index is 0.0531. The van der Waals surface area contributed by atoms with Crippen molar-refractivity contribution in [2.24, 2.45) is 11.8 Å². The lowest BCUT2D eigenvalue weighted by Gasteiger charge is -2.31. The summed E-state index contributed by atoms with van der Waals surface area (Å²) in [6.07, 6.45) is 20.4. The van der Waals surface area contributed by atoms with Crippen LogP contribution in [0.4, 0.5) is 0 Å². The Morgan fingerprint density at radius 2 is 1.75 bits per heavy atom. The first-order valence-electron chi connectivity index (χ1n) is 12.7. The number of esters is 1. The van der Waals surface area contributed by atoms with Crippen molar-refractivity contribution in [2.45, 2.75) is 96.0 Å². The Hall–Kier alpha value is -2.34. The van der Waals surface area contributed by atoms with Crippen molar-refractivity contribution in [3.8, 4) is 6.07 Å². The van der Waals surface area contributed by atoms with Gasteiger partial charge in [-0.1, -0.05) is 55.8 Å². The highest BCUT2D eigenvalue weighted by molar-refractivity contribution is 5.72. The molecular weight excluding hydrogens is 394 g/mol. The van der Waals surface area contributed by atoms with E-state index in [1.165, 1.54) is 30.0 Å². The number of benzene rings is 1. The van der Waals surface area contributed by atoms with Crippen molar-refractivity contribution in [2.75, 3.05) is 0 Å². The Balaban J connectivity index is 1.33. The van der Waals surface area contributed by atoms with Crippen LogP contribution in [0.5, 0.6) is 0 Å². The van der Waals surface area contributed by atoms with Gasteiger partial charge in [-0.05, 0) is 93.6 Å². The molecule has 0 saturated heterocycles. The van der Waals surface area contributed by atoms with Crippen LogP contribution in [0.15, 0.2) is 48.6 Å². The lowest BCUT2D eigenvalue weighted by molar-refractivity contribution is -0.157. The number of aryl methyl sites for hydroxylation is 1. The van der Waals surface area contributed by atoms with Crippen molar-refractivity contribution in [1.29, 1.82) is 5.26 Å². The molecule has 3 nitrogen and oxygen atoms in total. The largest absolute Gasteiger partial charge is 0.462 e. The van der Waals surface area contributed by atoms with Crippen LogP contribution in [0.1, 0.15) is 94.6 Å². The molecule has 2 saturated carbocycles. The van der Waals surface area contributed by atoms with E-state index in [-0.39, 0.29) is 18.0 Å². The van der Waals surface area contributed by atoms with Crippen molar-refractivity contribution in [1.82, 2.24) is 0 Å². The second-order valence-corrected chi connectivity index (χ2v) is 9.61. The van der Waals surface area contributed by atoms with Gasteiger partial charge in [-0.25, -0.2) is 0 Å². The predicted octanol–water partition coefficient (Wildman–Crippen LogP) is 7.43. The molecule has 172 valence electrons. The zero-order valence-corrected chi connectivity index (χ0v) is 19.7. The highest BCUT2D eigenvalue weighted by atomic mass is 16.5. The number of nitriles is 1. The number of nitrogens with zero attached hydrogens (tertiary/aromatic N) is 1. The topological polar surface area (TPSA) is 50.1 Å². The summed E-state index contributed by atoms with van der Waals surface area (Å²) in [5.74, 6) is 1.48. The van der Waals surface area contributed by atoms with Crippen LogP contribution >= 0.6 is 0 Å². The van der Waals surface area contributed by atoms with Crippen molar-refractivity contribution in [3.05, 3.63) is 59.7 Å². The van der Waals surface area contributed by atoms with E-state index in [1.807, 2.05) is 12.1 Å². The van der Waals surface area contributed by atoms with Gasteiger partial charge in [-0.3, -0.25) is 4.79 Å². The molecule has 1 aromatic rings.